The first kappa shape index (κ1) is 23.5. The van der Waals surface area contributed by atoms with Gasteiger partial charge in [0.15, 0.2) is 5.96 Å². The lowest BCUT2D eigenvalue weighted by Crippen LogP contribution is -2.45. The Labute approximate surface area is 190 Å². The molecule has 0 saturated carbocycles. The van der Waals surface area contributed by atoms with E-state index in [1.807, 2.05) is 16.3 Å². The first-order valence-corrected chi connectivity index (χ1v) is 10.0. The number of likely N-dealkylation sites (N-methyl/N-ethyl adjacent to an activating group) is 1. The summed E-state index contributed by atoms with van der Waals surface area (Å²) in [6.07, 6.45) is 1.31. The van der Waals surface area contributed by atoms with E-state index in [1.165, 1.54) is 15.8 Å². The van der Waals surface area contributed by atoms with Crippen LogP contribution in [0.2, 0.25) is 0 Å². The van der Waals surface area contributed by atoms with Crippen LogP contribution in [0.15, 0.2) is 34.6 Å². The lowest BCUT2D eigenvalue weighted by molar-refractivity contribution is -0.127. The summed E-state index contributed by atoms with van der Waals surface area (Å²) in [5.74, 6) is -0.597. The number of nitrogens with zero attached hydrogens (tertiary/aromatic N) is 3. The molecule has 0 fully saturated rings. The summed E-state index contributed by atoms with van der Waals surface area (Å²) in [6.45, 7) is 1.59. The fourth-order valence-corrected chi connectivity index (χ4v) is 3.80. The molecule has 0 saturated heterocycles. The Morgan fingerprint density at radius 2 is 2.14 bits per heavy atom. The van der Waals surface area contributed by atoms with Crippen molar-refractivity contribution in [2.75, 3.05) is 33.7 Å². The van der Waals surface area contributed by atoms with Crippen molar-refractivity contribution in [2.24, 2.45) is 4.99 Å². The van der Waals surface area contributed by atoms with E-state index in [2.05, 4.69) is 16.4 Å². The average molecular weight is 534 g/mol. The summed E-state index contributed by atoms with van der Waals surface area (Å²) in [5, 5.41) is 5.34. The van der Waals surface area contributed by atoms with Crippen LogP contribution in [0.4, 0.5) is 8.78 Å². The van der Waals surface area contributed by atoms with Crippen molar-refractivity contribution in [3.63, 3.8) is 0 Å². The van der Waals surface area contributed by atoms with Gasteiger partial charge in [0.1, 0.15) is 18.2 Å². The van der Waals surface area contributed by atoms with E-state index in [4.69, 9.17) is 0 Å². The molecule has 2 heterocycles. The highest BCUT2D eigenvalue weighted by Crippen LogP contribution is 2.23. The Balaban J connectivity index is 0.00000300. The number of thiophene rings is 1. The molecule has 29 heavy (non-hydrogen) atoms. The lowest BCUT2D eigenvalue weighted by atomic mass is 9.99. The molecule has 0 radical (unpaired) electrons. The molecule has 2 aromatic rings. The molecule has 1 amide bonds. The van der Waals surface area contributed by atoms with Crippen LogP contribution in [0, 0.1) is 11.6 Å². The molecule has 5 nitrogen and oxygen atoms in total. The minimum atomic E-state index is -0.579. The second-order valence-corrected chi connectivity index (χ2v) is 7.91. The van der Waals surface area contributed by atoms with Crippen molar-refractivity contribution in [3.05, 3.63) is 57.3 Å². The fraction of sp³-hybridized carbons (Fsp3) is 0.400. The Hall–Kier alpha value is -1.75. The summed E-state index contributed by atoms with van der Waals surface area (Å²) in [5.41, 5.74) is 1.18. The van der Waals surface area contributed by atoms with Gasteiger partial charge in [0, 0.05) is 44.7 Å². The quantitative estimate of drug-likeness (QED) is 0.364. The van der Waals surface area contributed by atoms with Gasteiger partial charge in [-0.05, 0) is 41.5 Å². The van der Waals surface area contributed by atoms with Crippen molar-refractivity contribution < 1.29 is 13.6 Å². The first-order chi connectivity index (χ1) is 13.4. The maximum atomic E-state index is 14.0. The number of rotatable bonds is 5. The van der Waals surface area contributed by atoms with E-state index in [0.717, 1.165) is 12.5 Å². The van der Waals surface area contributed by atoms with Gasteiger partial charge < -0.3 is 15.1 Å². The highest BCUT2D eigenvalue weighted by molar-refractivity contribution is 14.0. The Kier molecular flexibility index (Phi) is 8.81. The molecule has 0 atom stereocenters. The van der Waals surface area contributed by atoms with E-state index < -0.39 is 11.6 Å². The number of carbonyl (C=O) groups is 1. The number of amides is 1. The maximum absolute atomic E-state index is 14.0. The summed E-state index contributed by atoms with van der Waals surface area (Å²) < 4.78 is 27.6. The van der Waals surface area contributed by atoms with Gasteiger partial charge in [0.2, 0.25) is 5.91 Å². The smallest absolute Gasteiger partial charge is 0.243 e. The minimum absolute atomic E-state index is 0. The maximum Gasteiger partial charge on any atom is 0.243 e. The summed E-state index contributed by atoms with van der Waals surface area (Å²) in [6, 6.07) is 6.38. The number of halogens is 3. The number of fused-ring (bicyclic) bond motifs is 1. The molecule has 158 valence electrons. The van der Waals surface area contributed by atoms with E-state index in [9.17, 15) is 13.6 Å². The predicted molar refractivity (Wildman–Crippen MR) is 123 cm³/mol. The molecule has 0 bridgehead atoms. The molecule has 0 unspecified atom stereocenters. The highest BCUT2D eigenvalue weighted by Gasteiger charge is 2.23. The zero-order valence-electron chi connectivity index (χ0n) is 16.5. The van der Waals surface area contributed by atoms with Crippen molar-refractivity contribution in [2.45, 2.75) is 19.4 Å². The summed E-state index contributed by atoms with van der Waals surface area (Å²) in [7, 11) is 3.37. The number of guanidine groups is 1. The van der Waals surface area contributed by atoms with Crippen LogP contribution in [0.3, 0.4) is 0 Å². The van der Waals surface area contributed by atoms with Gasteiger partial charge in [-0.1, -0.05) is 6.07 Å². The summed E-state index contributed by atoms with van der Waals surface area (Å²) in [4.78, 5) is 21.1. The second kappa shape index (κ2) is 10.9. The normalized spacial score (nSPS) is 13.5. The van der Waals surface area contributed by atoms with E-state index in [0.29, 0.717) is 43.1 Å². The zero-order valence-corrected chi connectivity index (χ0v) is 19.6. The van der Waals surface area contributed by atoms with E-state index >= 15 is 0 Å². The van der Waals surface area contributed by atoms with Gasteiger partial charge in [0.25, 0.3) is 0 Å². The van der Waals surface area contributed by atoms with Crippen molar-refractivity contribution in [1.29, 1.82) is 0 Å². The molecule has 1 aliphatic heterocycles. The van der Waals surface area contributed by atoms with Crippen molar-refractivity contribution in [3.8, 4) is 0 Å². The predicted octanol–water partition coefficient (Wildman–Crippen LogP) is 3.28. The molecule has 1 aromatic carbocycles. The second-order valence-electron chi connectivity index (χ2n) is 6.88. The molecule has 1 aromatic heterocycles. The third kappa shape index (κ3) is 6.36. The Morgan fingerprint density at radius 1 is 1.34 bits per heavy atom. The SMILES string of the molecule is CN(C)C(=O)CN=C(NCCc1cccs1)N1CCc2c(F)cc(F)cc2C1.I. The van der Waals surface area contributed by atoms with Crippen LogP contribution in [0.5, 0.6) is 0 Å². The van der Waals surface area contributed by atoms with Gasteiger partial charge >= 0.3 is 0 Å². The van der Waals surface area contributed by atoms with Crippen molar-refractivity contribution >= 4 is 47.2 Å². The van der Waals surface area contributed by atoms with Crippen LogP contribution in [-0.2, 0) is 24.2 Å². The van der Waals surface area contributed by atoms with Crippen molar-refractivity contribution in [1.82, 2.24) is 15.1 Å². The lowest BCUT2D eigenvalue weighted by Gasteiger charge is -2.32. The molecule has 0 spiro atoms. The zero-order chi connectivity index (χ0) is 20.1. The van der Waals surface area contributed by atoms with Gasteiger partial charge in [-0.25, -0.2) is 13.8 Å². The molecule has 0 aliphatic carbocycles. The Bertz CT molecular complexity index is 858. The van der Waals surface area contributed by atoms with E-state index in [1.54, 1.807) is 25.4 Å². The molecule has 1 aliphatic rings. The molecular formula is C20H25F2IN4OS. The van der Waals surface area contributed by atoms with Gasteiger partial charge in [-0.3, -0.25) is 4.79 Å². The number of carbonyl (C=O) groups excluding carboxylic acids is 1. The van der Waals surface area contributed by atoms with Gasteiger partial charge in [0.05, 0.1) is 0 Å². The highest BCUT2D eigenvalue weighted by atomic mass is 127. The largest absolute Gasteiger partial charge is 0.356 e. The third-order valence-corrected chi connectivity index (χ3v) is 5.58. The topological polar surface area (TPSA) is 47.9 Å². The van der Waals surface area contributed by atoms with E-state index in [-0.39, 0.29) is 36.4 Å². The van der Waals surface area contributed by atoms with Gasteiger partial charge in [-0.2, -0.15) is 0 Å². The van der Waals surface area contributed by atoms with Crippen LogP contribution in [0.25, 0.3) is 0 Å². The van der Waals surface area contributed by atoms with Crippen LogP contribution in [0.1, 0.15) is 16.0 Å². The van der Waals surface area contributed by atoms with Crippen LogP contribution in [-0.4, -0.2) is 55.4 Å². The number of nitrogens with one attached hydrogen (secondary N) is 1. The monoisotopic (exact) mass is 534 g/mol. The number of benzene rings is 1. The first-order valence-electron chi connectivity index (χ1n) is 9.16. The van der Waals surface area contributed by atoms with Crippen LogP contribution >= 0.6 is 35.3 Å². The number of aliphatic imine (C=N–C) groups is 1. The number of hydrogen-bond acceptors (Lipinski definition) is 3. The standard InChI is InChI=1S/C20H24F2N4OS.HI/c1-25(2)19(27)12-24-20(23-7-5-16-4-3-9-28-16)26-8-6-17-14(13-26)10-15(21)11-18(17)22;/h3-4,9-11H,5-8,12-13H2,1-2H3,(H,23,24);1H. The fourth-order valence-electron chi connectivity index (χ4n) is 3.09. The van der Waals surface area contributed by atoms with Crippen LogP contribution < -0.4 is 5.32 Å². The Morgan fingerprint density at radius 3 is 2.83 bits per heavy atom. The molecule has 1 N–H and O–H groups in total. The molecule has 9 heteroatoms. The van der Waals surface area contributed by atoms with Gasteiger partial charge in [-0.15, -0.1) is 35.3 Å². The third-order valence-electron chi connectivity index (χ3n) is 4.64. The molecule has 3 rings (SSSR count). The summed E-state index contributed by atoms with van der Waals surface area (Å²) >= 11 is 1.69. The minimum Gasteiger partial charge on any atom is -0.356 e. The average Bonchev–Trinajstić information content (AvgIpc) is 3.16. The molecular weight excluding hydrogens is 509 g/mol. The number of hydrogen-bond donors (Lipinski definition) is 1.